The Kier molecular flexibility index (Phi) is 5.55. The Bertz CT molecular complexity index is 922. The summed E-state index contributed by atoms with van der Waals surface area (Å²) in [6.07, 6.45) is 1.13. The fourth-order valence-corrected chi connectivity index (χ4v) is 4.88. The Hall–Kier alpha value is -2.09. The number of hydrogen-bond acceptors (Lipinski definition) is 4. The lowest BCUT2D eigenvalue weighted by molar-refractivity contribution is -0.000982. The second-order valence-electron chi connectivity index (χ2n) is 7.54. The van der Waals surface area contributed by atoms with Crippen LogP contribution in [0.4, 0.5) is 10.5 Å². The van der Waals surface area contributed by atoms with E-state index in [9.17, 15) is 9.59 Å². The molecule has 6 nitrogen and oxygen atoms in total. The minimum absolute atomic E-state index is 0.192. The molecule has 4 rings (SSSR count). The van der Waals surface area contributed by atoms with Crippen molar-refractivity contribution in [1.29, 1.82) is 0 Å². The molecule has 0 radical (unpaired) electrons. The molecular formula is C21H20BrClN2O4. The van der Waals surface area contributed by atoms with Crippen LogP contribution in [-0.4, -0.2) is 47.3 Å². The summed E-state index contributed by atoms with van der Waals surface area (Å²) in [5, 5.41) is 9.74. The Morgan fingerprint density at radius 2 is 1.86 bits per heavy atom. The van der Waals surface area contributed by atoms with E-state index in [1.807, 2.05) is 12.1 Å². The summed E-state index contributed by atoms with van der Waals surface area (Å²) in [6.45, 7) is 2.92. The molecule has 0 bridgehead atoms. The van der Waals surface area contributed by atoms with Gasteiger partial charge in [0, 0.05) is 47.7 Å². The van der Waals surface area contributed by atoms with Crippen LogP contribution >= 0.6 is 27.5 Å². The predicted molar refractivity (Wildman–Crippen MR) is 114 cm³/mol. The summed E-state index contributed by atoms with van der Waals surface area (Å²) in [6, 6.07) is 12.2. The second-order valence-corrected chi connectivity index (χ2v) is 8.90. The number of ether oxygens (including phenoxy) is 1. The molecule has 2 aromatic rings. The third-order valence-corrected chi connectivity index (χ3v) is 6.17. The van der Waals surface area contributed by atoms with E-state index < -0.39 is 11.6 Å². The van der Waals surface area contributed by atoms with Gasteiger partial charge in [0.2, 0.25) is 0 Å². The quantitative estimate of drug-likeness (QED) is 0.683. The topological polar surface area (TPSA) is 70.1 Å². The summed E-state index contributed by atoms with van der Waals surface area (Å²) in [7, 11) is 0. The minimum atomic E-state index is -0.990. The number of rotatable bonds is 4. The number of anilines is 1. The summed E-state index contributed by atoms with van der Waals surface area (Å²) in [5.41, 5.74) is 1.50. The molecule has 0 atom stereocenters. The van der Waals surface area contributed by atoms with Gasteiger partial charge in [0.1, 0.15) is 5.60 Å². The molecule has 2 fully saturated rings. The Balaban J connectivity index is 1.39. The zero-order chi connectivity index (χ0) is 20.6. The maximum absolute atomic E-state index is 12.5. The monoisotopic (exact) mass is 478 g/mol. The lowest BCUT2D eigenvalue weighted by Gasteiger charge is -2.37. The molecular weight excluding hydrogens is 460 g/mol. The molecule has 0 aromatic heterocycles. The van der Waals surface area contributed by atoms with Gasteiger partial charge in [-0.2, -0.15) is 0 Å². The van der Waals surface area contributed by atoms with Gasteiger partial charge in [-0.15, -0.1) is 0 Å². The van der Waals surface area contributed by atoms with Crippen molar-refractivity contribution in [3.8, 4) is 0 Å². The van der Waals surface area contributed by atoms with E-state index in [-0.39, 0.29) is 11.7 Å². The average molecular weight is 480 g/mol. The number of carboxylic acid groups (broad SMARTS) is 1. The molecule has 2 saturated heterocycles. The van der Waals surface area contributed by atoms with Gasteiger partial charge in [-0.1, -0.05) is 27.5 Å². The smallest absolute Gasteiger partial charge is 0.415 e. The van der Waals surface area contributed by atoms with E-state index in [2.05, 4.69) is 26.9 Å². The summed E-state index contributed by atoms with van der Waals surface area (Å²) in [4.78, 5) is 27.4. The molecule has 0 unspecified atom stereocenters. The van der Waals surface area contributed by atoms with Crippen LogP contribution in [-0.2, 0) is 11.3 Å². The highest BCUT2D eigenvalue weighted by Gasteiger charge is 2.47. The van der Waals surface area contributed by atoms with Crippen LogP contribution in [0.3, 0.4) is 0 Å². The van der Waals surface area contributed by atoms with Gasteiger partial charge in [-0.3, -0.25) is 9.80 Å². The van der Waals surface area contributed by atoms with E-state index in [4.69, 9.17) is 21.4 Å². The zero-order valence-corrected chi connectivity index (χ0v) is 17.9. The SMILES string of the molecule is O=C(O)c1ccc(N2CC3(CCN(Cc4cc(Cl)cc(Br)c4)CC3)OC2=O)cc1. The fraction of sp³-hybridized carbons (Fsp3) is 0.333. The predicted octanol–water partition coefficient (Wildman–Crippen LogP) is 4.79. The molecule has 2 aliphatic heterocycles. The van der Waals surface area contributed by atoms with Crippen molar-refractivity contribution in [2.75, 3.05) is 24.5 Å². The van der Waals surface area contributed by atoms with Crippen molar-refractivity contribution in [1.82, 2.24) is 4.90 Å². The third kappa shape index (κ3) is 4.42. The van der Waals surface area contributed by atoms with Crippen molar-refractivity contribution in [3.63, 3.8) is 0 Å². The molecule has 0 aliphatic carbocycles. The third-order valence-electron chi connectivity index (χ3n) is 5.49. The number of nitrogens with zero attached hydrogens (tertiary/aromatic N) is 2. The fourth-order valence-electron chi connectivity index (χ4n) is 3.95. The Morgan fingerprint density at radius 1 is 1.17 bits per heavy atom. The number of carbonyl (C=O) groups is 2. The molecule has 2 heterocycles. The van der Waals surface area contributed by atoms with Crippen LogP contribution in [0.2, 0.25) is 5.02 Å². The van der Waals surface area contributed by atoms with Gasteiger partial charge in [0.15, 0.2) is 0 Å². The summed E-state index contributed by atoms with van der Waals surface area (Å²) < 4.78 is 6.75. The van der Waals surface area contributed by atoms with Crippen LogP contribution in [0.25, 0.3) is 0 Å². The number of benzene rings is 2. The number of carbonyl (C=O) groups excluding carboxylic acids is 1. The molecule has 1 N–H and O–H groups in total. The van der Waals surface area contributed by atoms with Crippen molar-refractivity contribution < 1.29 is 19.4 Å². The van der Waals surface area contributed by atoms with E-state index in [0.717, 1.165) is 42.5 Å². The molecule has 2 aliphatic rings. The minimum Gasteiger partial charge on any atom is -0.478 e. The van der Waals surface area contributed by atoms with Gasteiger partial charge in [-0.05, 0) is 48.0 Å². The number of piperidine rings is 1. The van der Waals surface area contributed by atoms with Crippen molar-refractivity contribution in [3.05, 3.63) is 63.1 Å². The molecule has 8 heteroatoms. The zero-order valence-electron chi connectivity index (χ0n) is 15.6. The van der Waals surface area contributed by atoms with Gasteiger partial charge >= 0.3 is 12.1 Å². The number of hydrogen-bond donors (Lipinski definition) is 1. The van der Waals surface area contributed by atoms with Crippen molar-refractivity contribution in [2.24, 2.45) is 0 Å². The molecule has 1 amide bonds. The van der Waals surface area contributed by atoms with Gasteiger partial charge in [-0.25, -0.2) is 9.59 Å². The number of amides is 1. The normalized spacial score (nSPS) is 18.8. The summed E-state index contributed by atoms with van der Waals surface area (Å²) in [5.74, 6) is -0.990. The first-order chi connectivity index (χ1) is 13.8. The average Bonchev–Trinajstić information content (AvgIpc) is 2.99. The van der Waals surface area contributed by atoms with E-state index in [0.29, 0.717) is 17.3 Å². The first kappa shape index (κ1) is 20.2. The molecule has 152 valence electrons. The van der Waals surface area contributed by atoms with Crippen molar-refractivity contribution in [2.45, 2.75) is 25.0 Å². The van der Waals surface area contributed by atoms with Crippen LogP contribution in [0.1, 0.15) is 28.8 Å². The van der Waals surface area contributed by atoms with Crippen LogP contribution in [0.5, 0.6) is 0 Å². The highest BCUT2D eigenvalue weighted by molar-refractivity contribution is 9.10. The lowest BCUT2D eigenvalue weighted by atomic mass is 9.91. The van der Waals surface area contributed by atoms with E-state index in [1.54, 1.807) is 17.0 Å². The Morgan fingerprint density at radius 3 is 2.48 bits per heavy atom. The summed E-state index contributed by atoms with van der Waals surface area (Å²) >= 11 is 9.62. The number of likely N-dealkylation sites (tertiary alicyclic amines) is 1. The van der Waals surface area contributed by atoms with Gasteiger partial charge in [0.25, 0.3) is 0 Å². The van der Waals surface area contributed by atoms with Crippen LogP contribution in [0.15, 0.2) is 46.9 Å². The largest absolute Gasteiger partial charge is 0.478 e. The number of aromatic carboxylic acids is 1. The van der Waals surface area contributed by atoms with Crippen LogP contribution in [0, 0.1) is 0 Å². The lowest BCUT2D eigenvalue weighted by Crippen LogP contribution is -2.46. The van der Waals surface area contributed by atoms with Crippen LogP contribution < -0.4 is 4.90 Å². The second kappa shape index (κ2) is 7.97. The molecule has 29 heavy (non-hydrogen) atoms. The molecule has 0 saturated carbocycles. The standard InChI is InChI=1S/C21H20BrClN2O4/c22-16-9-14(10-17(23)11-16)12-24-7-5-21(6-8-24)13-25(20(28)29-21)18-3-1-15(2-4-18)19(26)27/h1-4,9-11H,5-8,12-13H2,(H,26,27). The maximum Gasteiger partial charge on any atom is 0.415 e. The number of carboxylic acids is 1. The van der Waals surface area contributed by atoms with Gasteiger partial charge < -0.3 is 9.84 Å². The molecule has 2 aromatic carbocycles. The number of halogens is 2. The van der Waals surface area contributed by atoms with E-state index in [1.165, 1.54) is 12.1 Å². The van der Waals surface area contributed by atoms with Crippen molar-refractivity contribution >= 4 is 45.3 Å². The maximum atomic E-state index is 12.5. The highest BCUT2D eigenvalue weighted by atomic mass is 79.9. The Labute approximate surface area is 182 Å². The first-order valence-electron chi connectivity index (χ1n) is 9.35. The highest BCUT2D eigenvalue weighted by Crippen LogP contribution is 2.36. The van der Waals surface area contributed by atoms with Gasteiger partial charge in [0.05, 0.1) is 12.1 Å². The van der Waals surface area contributed by atoms with E-state index >= 15 is 0 Å². The molecule has 1 spiro atoms. The first-order valence-corrected chi connectivity index (χ1v) is 10.5.